The number of nitrogens with zero attached hydrogens (tertiary/aromatic N) is 1. The summed E-state index contributed by atoms with van der Waals surface area (Å²) in [5.74, 6) is 1.82. The van der Waals surface area contributed by atoms with E-state index in [0.717, 1.165) is 29.2 Å². The summed E-state index contributed by atoms with van der Waals surface area (Å²) in [5, 5.41) is 5.48. The van der Waals surface area contributed by atoms with E-state index in [9.17, 15) is 4.79 Å². The largest absolute Gasteiger partial charge is 0.493 e. The fourth-order valence-electron chi connectivity index (χ4n) is 2.21. The maximum absolute atomic E-state index is 12.2. The van der Waals surface area contributed by atoms with E-state index in [0.29, 0.717) is 30.5 Å². The molecule has 0 aliphatic carbocycles. The molecule has 0 saturated heterocycles. The molecule has 1 amide bonds. The number of hydrogen-bond donors (Lipinski definition) is 1. The second-order valence-electron chi connectivity index (χ2n) is 6.19. The third kappa shape index (κ3) is 5.46. The highest BCUT2D eigenvalue weighted by Crippen LogP contribution is 2.33. The summed E-state index contributed by atoms with van der Waals surface area (Å²) < 4.78 is 11.1. The minimum Gasteiger partial charge on any atom is -0.493 e. The first kappa shape index (κ1) is 19.2. The molecule has 0 aliphatic rings. The number of nitrogens with one attached hydrogen (secondary N) is 1. The fraction of sp³-hybridized carbons (Fsp3) is 0.474. The van der Waals surface area contributed by atoms with Crippen molar-refractivity contribution < 1.29 is 14.3 Å². The molecular formula is C19H26N2O3S. The van der Waals surface area contributed by atoms with Crippen LogP contribution >= 0.6 is 11.3 Å². The summed E-state index contributed by atoms with van der Waals surface area (Å²) >= 11 is 1.45. The average molecular weight is 362 g/mol. The summed E-state index contributed by atoms with van der Waals surface area (Å²) in [4.78, 5) is 16.6. The number of thiazole rings is 1. The summed E-state index contributed by atoms with van der Waals surface area (Å²) in [6.45, 7) is 7.64. The van der Waals surface area contributed by atoms with Crippen LogP contribution in [0.3, 0.4) is 0 Å². The van der Waals surface area contributed by atoms with Crippen molar-refractivity contribution in [2.45, 2.75) is 33.6 Å². The van der Waals surface area contributed by atoms with Crippen molar-refractivity contribution in [1.29, 1.82) is 0 Å². The van der Waals surface area contributed by atoms with Gasteiger partial charge in [0.15, 0.2) is 11.5 Å². The molecular weight excluding hydrogens is 336 g/mol. The van der Waals surface area contributed by atoms with E-state index in [1.807, 2.05) is 18.2 Å². The van der Waals surface area contributed by atoms with Gasteiger partial charge in [0.25, 0.3) is 5.91 Å². The average Bonchev–Trinajstić information content (AvgIpc) is 3.09. The zero-order valence-electron chi connectivity index (χ0n) is 15.3. The van der Waals surface area contributed by atoms with E-state index in [4.69, 9.17) is 9.47 Å². The Morgan fingerprint density at radius 1 is 1.32 bits per heavy atom. The van der Waals surface area contributed by atoms with E-state index in [1.165, 1.54) is 11.3 Å². The monoisotopic (exact) mass is 362 g/mol. The lowest BCUT2D eigenvalue weighted by Gasteiger charge is -2.10. The van der Waals surface area contributed by atoms with Gasteiger partial charge in [0.05, 0.1) is 13.7 Å². The Morgan fingerprint density at radius 3 is 2.80 bits per heavy atom. The third-order valence-corrected chi connectivity index (χ3v) is 4.51. The molecule has 5 nitrogen and oxygen atoms in total. The van der Waals surface area contributed by atoms with Gasteiger partial charge in [0.2, 0.25) is 0 Å². The summed E-state index contributed by atoms with van der Waals surface area (Å²) in [6.07, 6.45) is 1.89. The number of amides is 1. The first-order valence-corrected chi connectivity index (χ1v) is 9.48. The first-order chi connectivity index (χ1) is 12.0. The molecule has 1 aromatic carbocycles. The van der Waals surface area contributed by atoms with Crippen molar-refractivity contribution in [1.82, 2.24) is 10.3 Å². The molecule has 0 saturated carbocycles. The second kappa shape index (κ2) is 9.42. The van der Waals surface area contributed by atoms with Gasteiger partial charge in [-0.2, -0.15) is 0 Å². The van der Waals surface area contributed by atoms with Crippen LogP contribution in [0.1, 0.15) is 44.1 Å². The topological polar surface area (TPSA) is 60.5 Å². The van der Waals surface area contributed by atoms with Crippen molar-refractivity contribution >= 4 is 17.2 Å². The van der Waals surface area contributed by atoms with E-state index in [1.54, 1.807) is 12.5 Å². The highest BCUT2D eigenvalue weighted by atomic mass is 32.1. The zero-order valence-corrected chi connectivity index (χ0v) is 16.1. The van der Waals surface area contributed by atoms with Crippen molar-refractivity contribution in [3.05, 3.63) is 29.3 Å². The molecule has 6 heteroatoms. The number of aromatic nitrogens is 1. The summed E-state index contributed by atoms with van der Waals surface area (Å²) in [7, 11) is 1.62. The molecule has 0 bridgehead atoms. The van der Waals surface area contributed by atoms with Crippen LogP contribution in [0.2, 0.25) is 0 Å². The van der Waals surface area contributed by atoms with Crippen LogP contribution in [0.5, 0.6) is 11.5 Å². The van der Waals surface area contributed by atoms with E-state index >= 15 is 0 Å². The maximum atomic E-state index is 12.2. The third-order valence-electron chi connectivity index (χ3n) is 3.62. The molecule has 0 radical (unpaired) electrons. The van der Waals surface area contributed by atoms with Gasteiger partial charge < -0.3 is 14.8 Å². The molecule has 1 aromatic heterocycles. The van der Waals surface area contributed by atoms with Crippen molar-refractivity contribution in [3.8, 4) is 22.1 Å². The zero-order chi connectivity index (χ0) is 18.2. The van der Waals surface area contributed by atoms with Gasteiger partial charge in [-0.15, -0.1) is 11.3 Å². The summed E-state index contributed by atoms with van der Waals surface area (Å²) in [6, 6.07) is 5.71. The molecule has 0 atom stereocenters. The van der Waals surface area contributed by atoms with Crippen molar-refractivity contribution in [2.24, 2.45) is 5.92 Å². The molecule has 2 rings (SSSR count). The van der Waals surface area contributed by atoms with Crippen LogP contribution in [0.25, 0.3) is 10.6 Å². The van der Waals surface area contributed by atoms with E-state index < -0.39 is 0 Å². The Balaban J connectivity index is 2.09. The Labute approximate surface area is 153 Å². The number of ether oxygens (including phenoxy) is 2. The molecule has 1 heterocycles. The minimum atomic E-state index is -0.127. The number of rotatable bonds is 9. The number of carbonyl (C=O) groups is 1. The second-order valence-corrected chi connectivity index (χ2v) is 7.05. The SMILES string of the molecule is CCCOc1ccc(-c2nc(C(=O)NCCC(C)C)cs2)cc1OC. The number of hydrogen-bond acceptors (Lipinski definition) is 5. The van der Waals surface area contributed by atoms with Crippen molar-refractivity contribution in [3.63, 3.8) is 0 Å². The lowest BCUT2D eigenvalue weighted by atomic mass is 10.1. The lowest BCUT2D eigenvalue weighted by Crippen LogP contribution is -2.25. The van der Waals surface area contributed by atoms with Crippen LogP contribution < -0.4 is 14.8 Å². The van der Waals surface area contributed by atoms with Crippen LogP contribution in [-0.4, -0.2) is 31.2 Å². The number of benzene rings is 1. The Morgan fingerprint density at radius 2 is 2.12 bits per heavy atom. The molecule has 25 heavy (non-hydrogen) atoms. The standard InChI is InChI=1S/C19H26N2O3S/c1-5-10-24-16-7-6-14(11-17(16)23-4)19-21-15(12-25-19)18(22)20-9-8-13(2)3/h6-7,11-13H,5,8-10H2,1-4H3,(H,20,22). The highest BCUT2D eigenvalue weighted by Gasteiger charge is 2.13. The quantitative estimate of drug-likeness (QED) is 0.719. The van der Waals surface area contributed by atoms with Crippen LogP contribution in [0.4, 0.5) is 0 Å². The van der Waals surface area contributed by atoms with Crippen LogP contribution in [0, 0.1) is 5.92 Å². The highest BCUT2D eigenvalue weighted by molar-refractivity contribution is 7.13. The fourth-order valence-corrected chi connectivity index (χ4v) is 3.00. The van der Waals surface area contributed by atoms with Gasteiger partial charge in [0, 0.05) is 17.5 Å². The smallest absolute Gasteiger partial charge is 0.270 e. The predicted molar refractivity (Wildman–Crippen MR) is 102 cm³/mol. The molecule has 136 valence electrons. The Kier molecular flexibility index (Phi) is 7.25. The number of methoxy groups -OCH3 is 1. The maximum Gasteiger partial charge on any atom is 0.270 e. The van der Waals surface area contributed by atoms with Gasteiger partial charge in [-0.05, 0) is 37.0 Å². The minimum absolute atomic E-state index is 0.127. The van der Waals surface area contributed by atoms with Gasteiger partial charge in [0.1, 0.15) is 10.7 Å². The lowest BCUT2D eigenvalue weighted by molar-refractivity contribution is 0.0948. The molecule has 0 aliphatic heterocycles. The number of carbonyl (C=O) groups excluding carboxylic acids is 1. The first-order valence-electron chi connectivity index (χ1n) is 8.60. The van der Waals surface area contributed by atoms with E-state index in [2.05, 4.69) is 31.1 Å². The predicted octanol–water partition coefficient (Wildman–Crippen LogP) is 4.38. The van der Waals surface area contributed by atoms with Crippen LogP contribution in [-0.2, 0) is 0 Å². The molecule has 0 unspecified atom stereocenters. The molecule has 0 fully saturated rings. The Hall–Kier alpha value is -2.08. The van der Waals surface area contributed by atoms with E-state index in [-0.39, 0.29) is 5.91 Å². The molecule has 1 N–H and O–H groups in total. The summed E-state index contributed by atoms with van der Waals surface area (Å²) in [5.41, 5.74) is 1.36. The molecule has 2 aromatic rings. The normalized spacial score (nSPS) is 10.8. The van der Waals surface area contributed by atoms with Gasteiger partial charge >= 0.3 is 0 Å². The van der Waals surface area contributed by atoms with Gasteiger partial charge in [-0.3, -0.25) is 4.79 Å². The Bertz CT molecular complexity index is 698. The van der Waals surface area contributed by atoms with Crippen LogP contribution in [0.15, 0.2) is 23.6 Å². The van der Waals surface area contributed by atoms with Gasteiger partial charge in [-0.1, -0.05) is 20.8 Å². The molecule has 0 spiro atoms. The van der Waals surface area contributed by atoms with Gasteiger partial charge in [-0.25, -0.2) is 4.98 Å². The van der Waals surface area contributed by atoms with Crippen molar-refractivity contribution in [2.75, 3.05) is 20.3 Å².